The van der Waals surface area contributed by atoms with E-state index in [1.54, 1.807) is 33.4 Å². The van der Waals surface area contributed by atoms with Crippen LogP contribution in [0.15, 0.2) is 0 Å². The van der Waals surface area contributed by atoms with Crippen molar-refractivity contribution < 1.29 is 84.3 Å². The predicted octanol–water partition coefficient (Wildman–Crippen LogP) is -2.22. The summed E-state index contributed by atoms with van der Waals surface area (Å²) in [5.74, 6) is -4.63. The predicted molar refractivity (Wildman–Crippen MR) is 123 cm³/mol. The summed E-state index contributed by atoms with van der Waals surface area (Å²) in [4.78, 5) is 65.9. The molecular formula is C21H37GdN5O9. The van der Waals surface area contributed by atoms with E-state index in [-0.39, 0.29) is 125 Å². The molecule has 0 atom stereocenters. The number of rotatable bonds is 11. The van der Waals surface area contributed by atoms with Gasteiger partial charge in [0, 0.05) is 98.3 Å². The van der Waals surface area contributed by atoms with E-state index >= 15 is 0 Å². The molecule has 0 bridgehead atoms. The second-order valence-electron chi connectivity index (χ2n) is 8.79. The molecule has 1 saturated heterocycles. The first-order valence-electron chi connectivity index (χ1n) is 11.4. The number of amides is 1. The van der Waals surface area contributed by atoms with Crippen molar-refractivity contribution in [2.45, 2.75) is 19.9 Å². The molecule has 0 saturated carbocycles. The number of carbonyl (C=O) groups excluding carboxylic acids is 1. The molecule has 208 valence electrons. The third-order valence-corrected chi connectivity index (χ3v) is 5.61. The van der Waals surface area contributed by atoms with Gasteiger partial charge in [-0.25, -0.2) is 0 Å². The molecule has 4 N–H and O–H groups in total. The van der Waals surface area contributed by atoms with E-state index in [0.29, 0.717) is 0 Å². The van der Waals surface area contributed by atoms with Crippen molar-refractivity contribution in [1.82, 2.24) is 24.5 Å². The van der Waals surface area contributed by atoms with Crippen LogP contribution in [-0.4, -0.2) is 166 Å². The maximum Gasteiger partial charge on any atom is 0.323 e. The Bertz CT molecular complexity index is 723. The van der Waals surface area contributed by atoms with E-state index in [1.807, 2.05) is 0 Å². The van der Waals surface area contributed by atoms with Gasteiger partial charge in [-0.3, -0.25) is 43.6 Å². The van der Waals surface area contributed by atoms with Crippen LogP contribution in [0.1, 0.15) is 13.8 Å². The van der Waals surface area contributed by atoms with Crippen LogP contribution < -0.4 is 0 Å². The minimum atomic E-state index is -1.13. The van der Waals surface area contributed by atoms with Crippen LogP contribution in [0, 0.1) is 39.9 Å². The van der Waals surface area contributed by atoms with Crippen molar-refractivity contribution >= 4 is 29.8 Å². The van der Waals surface area contributed by atoms with Gasteiger partial charge in [0.15, 0.2) is 0 Å². The maximum atomic E-state index is 12.9. The summed E-state index contributed by atoms with van der Waals surface area (Å²) in [7, 11) is 0. The largest absolute Gasteiger partial charge is 0.480 e. The van der Waals surface area contributed by atoms with Crippen LogP contribution in [-0.2, 0) is 24.0 Å². The zero-order valence-corrected chi connectivity index (χ0v) is 23.0. The summed E-state index contributed by atoms with van der Waals surface area (Å²) in [5, 5.41) is 36.9. The summed E-state index contributed by atoms with van der Waals surface area (Å²) in [5.41, 5.74) is 0. The molecular weight excluding hydrogens is 624 g/mol. The first-order chi connectivity index (χ1) is 16.4. The molecule has 0 radical (unpaired) electrons. The quantitative estimate of drug-likeness (QED) is 0.187. The average Bonchev–Trinajstić information content (AvgIpc) is 2.72. The van der Waals surface area contributed by atoms with Gasteiger partial charge in [0.25, 0.3) is 0 Å². The van der Waals surface area contributed by atoms with Crippen LogP contribution in [0.3, 0.4) is 0 Å². The number of carboxylic acid groups (broad SMARTS) is 4. The number of carboxylic acids is 4. The fraction of sp³-hybridized carbons (Fsp3) is 0.762. The van der Waals surface area contributed by atoms with E-state index in [9.17, 15) is 39.3 Å². The SMILES string of the molecule is CC(C)N(CC(=O)O)C(=O)CN1CCN(CC(=O)O)CCN(CC(=O)O)CCN(CC(=O)O)CC1.[Gd]. The molecule has 1 heterocycles. The monoisotopic (exact) mass is 661 g/mol. The zero-order valence-electron chi connectivity index (χ0n) is 20.7. The van der Waals surface area contributed by atoms with Crippen LogP contribution in [0.4, 0.5) is 0 Å². The Hall–Kier alpha value is -1.49. The van der Waals surface area contributed by atoms with Gasteiger partial charge in [0.2, 0.25) is 5.91 Å². The Balaban J connectivity index is 0.0000122. The average molecular weight is 661 g/mol. The molecule has 1 amide bonds. The van der Waals surface area contributed by atoms with Gasteiger partial charge in [-0.2, -0.15) is 0 Å². The first-order valence-corrected chi connectivity index (χ1v) is 11.4. The summed E-state index contributed by atoms with van der Waals surface area (Å²) >= 11 is 0. The van der Waals surface area contributed by atoms with E-state index in [1.165, 1.54) is 4.90 Å². The summed E-state index contributed by atoms with van der Waals surface area (Å²) < 4.78 is 0. The molecule has 0 unspecified atom stereocenters. The normalized spacial score (nSPS) is 17.4. The molecule has 14 nitrogen and oxygen atoms in total. The van der Waals surface area contributed by atoms with Crippen LogP contribution >= 0.6 is 0 Å². The summed E-state index contributed by atoms with van der Waals surface area (Å²) in [6.45, 7) is 4.35. The fourth-order valence-corrected chi connectivity index (χ4v) is 3.77. The minimum Gasteiger partial charge on any atom is -0.480 e. The molecule has 1 aliphatic rings. The molecule has 0 aromatic rings. The van der Waals surface area contributed by atoms with Crippen molar-refractivity contribution in [3.63, 3.8) is 0 Å². The first kappa shape index (κ1) is 34.5. The van der Waals surface area contributed by atoms with Gasteiger partial charge in [-0.05, 0) is 13.8 Å². The molecule has 0 aromatic carbocycles. The standard InChI is InChI=1S/C21H37N5O9.Gd/c1-16(2)26(15-21(34)35)17(27)11-22-3-5-23(12-18(28)29)7-9-25(14-20(32)33)10-8-24(6-4-22)13-19(30)31;/h16H,3-15H2,1-2H3,(H,28,29)(H,30,31)(H,32,33)(H,34,35);. The van der Waals surface area contributed by atoms with Gasteiger partial charge in [-0.1, -0.05) is 0 Å². The zero-order chi connectivity index (χ0) is 26.5. The summed E-state index contributed by atoms with van der Waals surface area (Å²) in [6, 6.07) is -0.335. The van der Waals surface area contributed by atoms with Crippen LogP contribution in [0.2, 0.25) is 0 Å². The molecule has 0 spiro atoms. The minimum absolute atomic E-state index is 0. The third kappa shape index (κ3) is 14.9. The topological polar surface area (TPSA) is 182 Å². The smallest absolute Gasteiger partial charge is 0.323 e. The van der Waals surface area contributed by atoms with E-state index in [0.717, 1.165) is 0 Å². The number of aliphatic carboxylic acids is 4. The number of hydrogen-bond donors (Lipinski definition) is 4. The number of hydrogen-bond acceptors (Lipinski definition) is 9. The van der Waals surface area contributed by atoms with E-state index in [4.69, 9.17) is 5.11 Å². The fourth-order valence-electron chi connectivity index (χ4n) is 3.77. The molecule has 0 aliphatic carbocycles. The van der Waals surface area contributed by atoms with E-state index < -0.39 is 36.3 Å². The second kappa shape index (κ2) is 17.9. The Morgan fingerprint density at radius 2 is 0.861 bits per heavy atom. The van der Waals surface area contributed by atoms with Crippen LogP contribution in [0.25, 0.3) is 0 Å². The Morgan fingerprint density at radius 3 is 1.08 bits per heavy atom. The third-order valence-electron chi connectivity index (χ3n) is 5.61. The Kier molecular flexibility index (Phi) is 17.1. The number of nitrogens with zero attached hydrogens (tertiary/aromatic N) is 5. The molecule has 36 heavy (non-hydrogen) atoms. The van der Waals surface area contributed by atoms with Crippen molar-refractivity contribution in [3.8, 4) is 0 Å². The Morgan fingerprint density at radius 1 is 0.583 bits per heavy atom. The van der Waals surface area contributed by atoms with Gasteiger partial charge in [-0.15, -0.1) is 0 Å². The number of carbonyl (C=O) groups is 5. The molecule has 1 aliphatic heterocycles. The maximum absolute atomic E-state index is 12.9. The second-order valence-corrected chi connectivity index (χ2v) is 8.79. The van der Waals surface area contributed by atoms with Gasteiger partial charge >= 0.3 is 23.9 Å². The Labute approximate surface area is 242 Å². The van der Waals surface area contributed by atoms with Gasteiger partial charge < -0.3 is 25.3 Å². The van der Waals surface area contributed by atoms with Crippen LogP contribution in [0.5, 0.6) is 0 Å². The van der Waals surface area contributed by atoms with Gasteiger partial charge in [0.05, 0.1) is 26.2 Å². The molecule has 15 heteroatoms. The summed E-state index contributed by atoms with van der Waals surface area (Å²) in [6.07, 6.45) is 0. The van der Waals surface area contributed by atoms with Gasteiger partial charge in [0.1, 0.15) is 6.54 Å². The molecule has 1 rings (SSSR count). The van der Waals surface area contributed by atoms with Crippen molar-refractivity contribution in [2.24, 2.45) is 0 Å². The van der Waals surface area contributed by atoms with Crippen molar-refractivity contribution in [3.05, 3.63) is 0 Å². The van der Waals surface area contributed by atoms with Crippen molar-refractivity contribution in [2.75, 3.05) is 85.1 Å². The van der Waals surface area contributed by atoms with E-state index in [2.05, 4.69) is 0 Å². The molecule has 0 aromatic heterocycles. The van der Waals surface area contributed by atoms with Crippen molar-refractivity contribution in [1.29, 1.82) is 0 Å². The molecule has 1 fully saturated rings.